The molecule has 1 atom stereocenters. The van der Waals surface area contributed by atoms with E-state index in [2.05, 4.69) is 0 Å². The van der Waals surface area contributed by atoms with Crippen molar-refractivity contribution in [1.29, 1.82) is 0 Å². The maximum atomic E-state index is 13.7. The smallest absolute Gasteiger partial charge is 0.309 e. The Labute approximate surface area is 192 Å². The number of aliphatic carboxylic acids is 1. The minimum Gasteiger partial charge on any atom is -0.481 e. The zero-order chi connectivity index (χ0) is 23.3. The molecule has 166 valence electrons. The van der Waals surface area contributed by atoms with Gasteiger partial charge in [0.1, 0.15) is 11.3 Å². The lowest BCUT2D eigenvalue weighted by atomic mass is 9.30. The van der Waals surface area contributed by atoms with Gasteiger partial charge in [-0.3, -0.25) is 9.59 Å². The molecule has 4 aromatic rings. The van der Waals surface area contributed by atoms with E-state index in [4.69, 9.17) is 5.79 Å². The number of carbonyl (C=O) groups is 2. The molecule has 2 aromatic heterocycles. The molecule has 5 nitrogen and oxygen atoms in total. The molecule has 4 fully saturated rings. The van der Waals surface area contributed by atoms with Crippen molar-refractivity contribution in [3.8, 4) is 0 Å². The lowest BCUT2D eigenvalue weighted by molar-refractivity contribution is -0.248. The molecule has 4 aliphatic carbocycles. The first-order valence-electron chi connectivity index (χ1n) is 12.2. The van der Waals surface area contributed by atoms with E-state index >= 15 is 0 Å². The first kappa shape index (κ1) is 18.1. The summed E-state index contributed by atoms with van der Waals surface area (Å²) >= 11 is 0. The summed E-state index contributed by atoms with van der Waals surface area (Å²) < 4.78 is 16.7. The fourth-order valence-corrected chi connectivity index (χ4v) is 6.78. The highest BCUT2D eigenvalue weighted by atomic mass is 16.4. The molecule has 5 heteroatoms. The molecule has 0 amide bonds. The molecule has 0 radical (unpaired) electrons. The summed E-state index contributed by atoms with van der Waals surface area (Å²) in [6, 6.07) is 17.3. The number of aromatic nitrogens is 1. The monoisotopic (exact) mass is 440 g/mol. The van der Waals surface area contributed by atoms with Crippen molar-refractivity contribution < 1.29 is 20.5 Å². The first-order valence-corrected chi connectivity index (χ1v) is 11.6. The van der Waals surface area contributed by atoms with E-state index < -0.39 is 17.9 Å². The third-order valence-electron chi connectivity index (χ3n) is 8.71. The number of ketones is 1. The van der Waals surface area contributed by atoms with Crippen LogP contribution in [0.15, 0.2) is 65.2 Å². The maximum absolute atomic E-state index is 13.7. The van der Waals surface area contributed by atoms with Gasteiger partial charge in [-0.2, -0.15) is 0 Å². The molecular weight excluding hydrogens is 414 g/mol. The van der Waals surface area contributed by atoms with Crippen molar-refractivity contribution in [2.45, 2.75) is 45.0 Å². The molecule has 33 heavy (non-hydrogen) atoms. The van der Waals surface area contributed by atoms with Gasteiger partial charge >= 0.3 is 5.97 Å². The molecule has 4 aliphatic rings. The van der Waals surface area contributed by atoms with Gasteiger partial charge in [-0.15, -0.1) is 0 Å². The second kappa shape index (κ2) is 6.16. The molecule has 4 saturated carbocycles. The predicted molar refractivity (Wildman–Crippen MR) is 124 cm³/mol. The van der Waals surface area contributed by atoms with Crippen LogP contribution in [0.4, 0.5) is 0 Å². The number of carbonyl (C=O) groups excluding carboxylic acids is 1. The number of fused-ring (bicyclic) bond motifs is 2. The van der Waals surface area contributed by atoms with Gasteiger partial charge in [0, 0.05) is 29.0 Å². The number of Topliss-reactive ketones (excluding diaryl/α,β-unsaturated/α-hetero) is 1. The molecule has 2 aromatic carbocycles. The molecule has 0 spiro atoms. The standard InChI is InChI=1S/C28H25NO4/c30-22(13-27(9-10-27)28-15-26(16-28,17-28)25(31)32)21-6-3-5-18-8-11-29(24(18)21)14-20-12-19-4-1-2-7-23(19)33-20/h1-8,11-12H,9-10,13-17H2,(H,31,32)/i14D. The Kier molecular flexibility index (Phi) is 3.38. The fraction of sp³-hybridized carbons (Fsp3) is 0.357. The van der Waals surface area contributed by atoms with Crippen molar-refractivity contribution in [2.24, 2.45) is 16.2 Å². The summed E-state index contributed by atoms with van der Waals surface area (Å²) in [6.45, 7) is -0.804. The van der Waals surface area contributed by atoms with E-state index in [0.717, 1.165) is 54.0 Å². The topological polar surface area (TPSA) is 72.4 Å². The molecule has 0 aliphatic heterocycles. The Balaban J connectivity index is 1.21. The van der Waals surface area contributed by atoms with Crippen LogP contribution in [0.3, 0.4) is 0 Å². The summed E-state index contributed by atoms with van der Waals surface area (Å²) in [5.74, 6) is -0.0485. The van der Waals surface area contributed by atoms with E-state index in [1.807, 2.05) is 65.4 Å². The Bertz CT molecular complexity index is 1450. The number of benzene rings is 2. The average molecular weight is 441 g/mol. The molecule has 1 unspecified atom stereocenters. The molecular formula is C28H25NO4. The van der Waals surface area contributed by atoms with Crippen LogP contribution in [0, 0.1) is 16.2 Å². The SMILES string of the molecule is [2H]C(c1cc2ccccc2o1)n1ccc2cccc(C(=O)CC3(C45CC(C(=O)O)(C4)C5)CC3)c21. The van der Waals surface area contributed by atoms with Gasteiger partial charge in [-0.25, -0.2) is 0 Å². The highest BCUT2D eigenvalue weighted by Gasteiger charge is 2.80. The Hall–Kier alpha value is -3.34. The quantitative estimate of drug-likeness (QED) is 0.355. The van der Waals surface area contributed by atoms with Crippen LogP contribution in [0.25, 0.3) is 21.9 Å². The van der Waals surface area contributed by atoms with Crippen molar-refractivity contribution in [3.05, 3.63) is 72.1 Å². The van der Waals surface area contributed by atoms with Crippen LogP contribution < -0.4 is 0 Å². The van der Waals surface area contributed by atoms with Gasteiger partial charge in [-0.1, -0.05) is 30.3 Å². The van der Waals surface area contributed by atoms with Crippen LogP contribution in [-0.2, 0) is 11.3 Å². The van der Waals surface area contributed by atoms with E-state index in [0.29, 0.717) is 17.7 Å². The summed E-state index contributed by atoms with van der Waals surface area (Å²) in [5.41, 5.74) is 1.64. The highest BCUT2D eigenvalue weighted by Crippen LogP contribution is 2.85. The number of para-hydroxylation sites is 2. The van der Waals surface area contributed by atoms with E-state index in [1.54, 1.807) is 0 Å². The number of hydrogen-bond donors (Lipinski definition) is 1. The van der Waals surface area contributed by atoms with E-state index in [9.17, 15) is 14.7 Å². The lowest BCUT2D eigenvalue weighted by Gasteiger charge is -2.72. The van der Waals surface area contributed by atoms with Gasteiger partial charge in [0.05, 0.1) is 18.8 Å². The Morgan fingerprint density at radius 3 is 2.52 bits per heavy atom. The number of hydrogen-bond acceptors (Lipinski definition) is 3. The number of carboxylic acid groups (broad SMARTS) is 1. The molecule has 8 rings (SSSR count). The zero-order valence-corrected chi connectivity index (χ0v) is 18.2. The second-order valence-corrected chi connectivity index (χ2v) is 10.6. The Morgan fingerprint density at radius 1 is 1.03 bits per heavy atom. The molecule has 0 saturated heterocycles. The van der Waals surface area contributed by atoms with Gasteiger partial charge in [0.25, 0.3) is 0 Å². The van der Waals surface area contributed by atoms with Gasteiger partial charge in [-0.05, 0) is 67.2 Å². The average Bonchev–Trinajstić information content (AvgIpc) is 3.21. The van der Waals surface area contributed by atoms with Gasteiger partial charge in [0.15, 0.2) is 5.78 Å². The third-order valence-corrected chi connectivity index (χ3v) is 8.71. The van der Waals surface area contributed by atoms with Crippen molar-refractivity contribution >= 4 is 33.6 Å². The number of rotatable bonds is 7. The summed E-state index contributed by atoms with van der Waals surface area (Å²) in [7, 11) is 0. The molecule has 2 bridgehead atoms. The lowest BCUT2D eigenvalue weighted by Crippen LogP contribution is -2.69. The van der Waals surface area contributed by atoms with Crippen molar-refractivity contribution in [3.63, 3.8) is 0 Å². The first-order chi connectivity index (χ1) is 16.4. The van der Waals surface area contributed by atoms with E-state index in [1.165, 1.54) is 0 Å². The van der Waals surface area contributed by atoms with Crippen LogP contribution in [0.2, 0.25) is 0 Å². The zero-order valence-electron chi connectivity index (χ0n) is 19.2. The summed E-state index contributed by atoms with van der Waals surface area (Å²) in [6.07, 6.45) is 6.51. The normalized spacial score (nSPS) is 28.1. The second-order valence-electron chi connectivity index (χ2n) is 10.6. The molecule has 1 N–H and O–H groups in total. The van der Waals surface area contributed by atoms with Crippen LogP contribution in [0.5, 0.6) is 0 Å². The Morgan fingerprint density at radius 2 is 1.79 bits per heavy atom. The van der Waals surface area contributed by atoms with Gasteiger partial charge < -0.3 is 14.1 Å². The van der Waals surface area contributed by atoms with Crippen molar-refractivity contribution in [2.75, 3.05) is 0 Å². The summed E-state index contributed by atoms with van der Waals surface area (Å²) in [5, 5.41) is 11.4. The third kappa shape index (κ3) is 2.53. The van der Waals surface area contributed by atoms with Crippen molar-refractivity contribution in [1.82, 2.24) is 4.57 Å². The predicted octanol–water partition coefficient (Wildman–Crippen LogP) is 6.04. The van der Waals surface area contributed by atoms with E-state index in [-0.39, 0.29) is 16.6 Å². The van der Waals surface area contributed by atoms with Crippen LogP contribution in [-0.4, -0.2) is 21.4 Å². The maximum Gasteiger partial charge on any atom is 0.309 e. The minimum atomic E-state index is -0.804. The number of carboxylic acids is 1. The minimum absolute atomic E-state index is 0.0417. The number of furan rings is 1. The largest absolute Gasteiger partial charge is 0.481 e. The van der Waals surface area contributed by atoms with Crippen LogP contribution in [0.1, 0.15) is 56.0 Å². The van der Waals surface area contributed by atoms with Crippen LogP contribution >= 0.6 is 0 Å². The molecule has 2 heterocycles. The fourth-order valence-electron chi connectivity index (χ4n) is 6.78. The summed E-state index contributed by atoms with van der Waals surface area (Å²) in [4.78, 5) is 25.2. The van der Waals surface area contributed by atoms with Gasteiger partial charge in [0.2, 0.25) is 0 Å². The number of nitrogens with zero attached hydrogens (tertiary/aromatic N) is 1. The highest BCUT2D eigenvalue weighted by molar-refractivity contribution is 6.07.